The summed E-state index contributed by atoms with van der Waals surface area (Å²) in [5.41, 5.74) is 1.32. The topological polar surface area (TPSA) is 126 Å². The van der Waals surface area contributed by atoms with Gasteiger partial charge in [-0.05, 0) is 38.8 Å². The van der Waals surface area contributed by atoms with Crippen molar-refractivity contribution >= 4 is 45.9 Å². The van der Waals surface area contributed by atoms with Crippen LogP contribution in [0.15, 0.2) is 36.4 Å². The van der Waals surface area contributed by atoms with Gasteiger partial charge in [0.05, 0.1) is 29.8 Å². The molecular weight excluding hydrogens is 542 g/mol. The lowest BCUT2D eigenvalue weighted by Gasteiger charge is -2.37. The number of methoxy groups -OCH3 is 2. The third kappa shape index (κ3) is 6.26. The number of piperidine rings is 1. The van der Waals surface area contributed by atoms with Crippen LogP contribution < -0.4 is 15.5 Å². The number of thiazole rings is 1. The maximum Gasteiger partial charge on any atom is 0.350 e. The van der Waals surface area contributed by atoms with Gasteiger partial charge in [-0.15, -0.1) is 0 Å². The van der Waals surface area contributed by atoms with Gasteiger partial charge in [-0.25, -0.2) is 9.78 Å². The number of amides is 2. The number of hydrogen-bond acceptors (Lipinski definition) is 8. The molecule has 0 spiro atoms. The van der Waals surface area contributed by atoms with E-state index >= 15 is 0 Å². The van der Waals surface area contributed by atoms with Crippen molar-refractivity contribution in [3.8, 4) is 0 Å². The van der Waals surface area contributed by atoms with Gasteiger partial charge < -0.3 is 30.0 Å². The number of aromatic nitrogens is 2. The van der Waals surface area contributed by atoms with E-state index in [4.69, 9.17) is 21.1 Å². The molecule has 10 nitrogen and oxygen atoms in total. The quantitative estimate of drug-likeness (QED) is 0.349. The van der Waals surface area contributed by atoms with Crippen LogP contribution in [0.25, 0.3) is 0 Å². The number of halogens is 1. The SMILES string of the molecule is COC(=O)c1sc(N2CCC(NC(=O)c3cc(Cl)c(C)[nH]3)C(OC)C2)nc1C(=O)NC(C)(C)c1ccccc1. The summed E-state index contributed by atoms with van der Waals surface area (Å²) >= 11 is 7.18. The fraction of sp³-hybridized carbons (Fsp3) is 0.407. The van der Waals surface area contributed by atoms with Gasteiger partial charge in [0.1, 0.15) is 10.6 Å². The number of carbonyl (C=O) groups excluding carboxylic acids is 3. The molecule has 3 heterocycles. The first-order valence-corrected chi connectivity index (χ1v) is 13.6. The minimum absolute atomic E-state index is 0.00856. The fourth-order valence-corrected chi connectivity index (χ4v) is 5.67. The molecule has 2 aromatic heterocycles. The highest BCUT2D eigenvalue weighted by Crippen LogP contribution is 2.31. The van der Waals surface area contributed by atoms with Gasteiger partial charge in [0.15, 0.2) is 10.8 Å². The summed E-state index contributed by atoms with van der Waals surface area (Å²) in [6.07, 6.45) is 0.210. The Labute approximate surface area is 236 Å². The molecule has 2 atom stereocenters. The number of hydrogen-bond donors (Lipinski definition) is 3. The van der Waals surface area contributed by atoms with Gasteiger partial charge in [-0.2, -0.15) is 0 Å². The first-order valence-electron chi connectivity index (χ1n) is 12.4. The zero-order valence-corrected chi connectivity index (χ0v) is 24.0. The van der Waals surface area contributed by atoms with Gasteiger partial charge >= 0.3 is 5.97 Å². The monoisotopic (exact) mass is 573 g/mol. The van der Waals surface area contributed by atoms with Crippen molar-refractivity contribution in [3.63, 3.8) is 0 Å². The third-order valence-electron chi connectivity index (χ3n) is 6.77. The number of rotatable bonds is 8. The summed E-state index contributed by atoms with van der Waals surface area (Å²) in [6, 6.07) is 10.9. The van der Waals surface area contributed by atoms with Crippen LogP contribution in [0.1, 0.15) is 62.2 Å². The van der Waals surface area contributed by atoms with Crippen molar-refractivity contribution in [2.75, 3.05) is 32.2 Å². The largest absolute Gasteiger partial charge is 0.465 e. The van der Waals surface area contributed by atoms with Crippen LogP contribution in [0, 0.1) is 6.92 Å². The van der Waals surface area contributed by atoms with Crippen molar-refractivity contribution in [2.24, 2.45) is 0 Å². The first kappa shape index (κ1) is 28.6. The normalized spacial score (nSPS) is 17.5. The molecule has 0 saturated carbocycles. The van der Waals surface area contributed by atoms with E-state index in [-0.39, 0.29) is 28.6 Å². The van der Waals surface area contributed by atoms with Gasteiger partial charge in [0, 0.05) is 25.9 Å². The van der Waals surface area contributed by atoms with E-state index < -0.39 is 17.4 Å². The Morgan fingerprint density at radius 1 is 1.18 bits per heavy atom. The van der Waals surface area contributed by atoms with Crippen LogP contribution in [0.4, 0.5) is 5.13 Å². The smallest absolute Gasteiger partial charge is 0.350 e. The number of anilines is 1. The molecule has 208 valence electrons. The number of esters is 1. The molecule has 1 fully saturated rings. The Bertz CT molecular complexity index is 1340. The standard InChI is InChI=1S/C27H32ClN5O5S/c1-15-17(28)13-19(29-15)23(34)30-18-11-12-33(14-20(18)37-4)26-31-21(22(39-26)25(36)38-5)24(35)32-27(2,3)16-9-7-6-8-10-16/h6-10,13,18,20,29H,11-12,14H2,1-5H3,(H,30,34)(H,32,35). The highest BCUT2D eigenvalue weighted by molar-refractivity contribution is 7.17. The number of benzene rings is 1. The lowest BCUT2D eigenvalue weighted by atomic mass is 9.94. The second-order valence-corrected chi connectivity index (χ2v) is 11.2. The summed E-state index contributed by atoms with van der Waals surface area (Å²) in [5.74, 6) is -1.38. The molecule has 3 aromatic rings. The van der Waals surface area contributed by atoms with Crippen LogP contribution in [0.2, 0.25) is 5.02 Å². The molecule has 0 radical (unpaired) electrons. The summed E-state index contributed by atoms with van der Waals surface area (Å²) in [7, 11) is 2.85. The first-order chi connectivity index (χ1) is 18.5. The Morgan fingerprint density at radius 2 is 1.90 bits per heavy atom. The van der Waals surface area contributed by atoms with E-state index in [2.05, 4.69) is 20.6 Å². The third-order valence-corrected chi connectivity index (χ3v) is 8.26. The van der Waals surface area contributed by atoms with Gasteiger partial charge in [0.25, 0.3) is 11.8 Å². The minimum Gasteiger partial charge on any atom is -0.465 e. The summed E-state index contributed by atoms with van der Waals surface area (Å²) in [6.45, 7) is 6.49. The van der Waals surface area contributed by atoms with Crippen LogP contribution in [0.5, 0.6) is 0 Å². The van der Waals surface area contributed by atoms with Gasteiger partial charge in [-0.1, -0.05) is 53.3 Å². The molecule has 1 aliphatic rings. The number of aryl methyl sites for hydroxylation is 1. The Morgan fingerprint density at radius 3 is 2.51 bits per heavy atom. The fourth-order valence-electron chi connectivity index (χ4n) is 4.49. The van der Waals surface area contributed by atoms with Crippen LogP contribution >= 0.6 is 22.9 Å². The summed E-state index contributed by atoms with van der Waals surface area (Å²) in [4.78, 5) is 48.3. The molecule has 0 aliphatic carbocycles. The van der Waals surface area contributed by atoms with Gasteiger partial charge in [-0.3, -0.25) is 9.59 Å². The second-order valence-electron chi connectivity index (χ2n) is 9.86. The Hall–Kier alpha value is -3.41. The number of ether oxygens (including phenoxy) is 2. The number of aromatic amines is 1. The van der Waals surface area contributed by atoms with Crippen molar-refractivity contribution in [2.45, 2.75) is 44.9 Å². The molecular formula is C27H32ClN5O5S. The predicted molar refractivity (Wildman–Crippen MR) is 150 cm³/mol. The van der Waals surface area contributed by atoms with E-state index in [1.807, 2.05) is 49.1 Å². The molecule has 12 heteroatoms. The Kier molecular flexibility index (Phi) is 8.63. The predicted octanol–water partition coefficient (Wildman–Crippen LogP) is 3.91. The van der Waals surface area contributed by atoms with Crippen molar-refractivity contribution in [1.29, 1.82) is 0 Å². The number of nitrogens with one attached hydrogen (secondary N) is 3. The van der Waals surface area contributed by atoms with Crippen LogP contribution in [-0.2, 0) is 15.0 Å². The molecule has 2 amide bonds. The highest BCUT2D eigenvalue weighted by Gasteiger charge is 2.35. The van der Waals surface area contributed by atoms with E-state index in [0.717, 1.165) is 22.6 Å². The number of carbonyl (C=O) groups is 3. The van der Waals surface area contributed by atoms with Crippen LogP contribution in [-0.4, -0.2) is 67.2 Å². The van der Waals surface area contributed by atoms with Crippen LogP contribution in [0.3, 0.4) is 0 Å². The van der Waals surface area contributed by atoms with E-state index in [1.165, 1.54) is 7.11 Å². The maximum atomic E-state index is 13.3. The average molecular weight is 574 g/mol. The van der Waals surface area contributed by atoms with Crippen molar-refractivity contribution in [3.05, 3.63) is 68.9 Å². The molecule has 2 unspecified atom stereocenters. The van der Waals surface area contributed by atoms with E-state index in [9.17, 15) is 14.4 Å². The maximum absolute atomic E-state index is 13.3. The molecule has 1 aromatic carbocycles. The second kappa shape index (κ2) is 11.8. The summed E-state index contributed by atoms with van der Waals surface area (Å²) < 4.78 is 10.6. The molecule has 1 saturated heterocycles. The van der Waals surface area contributed by atoms with Gasteiger partial charge in [0.2, 0.25) is 0 Å². The van der Waals surface area contributed by atoms with Crippen molar-refractivity contribution in [1.82, 2.24) is 20.6 Å². The zero-order chi connectivity index (χ0) is 28.3. The number of H-pyrrole nitrogens is 1. The molecule has 4 rings (SSSR count). The summed E-state index contributed by atoms with van der Waals surface area (Å²) in [5, 5.41) is 7.00. The minimum atomic E-state index is -0.699. The molecule has 1 aliphatic heterocycles. The Balaban J connectivity index is 1.51. The lowest BCUT2D eigenvalue weighted by molar-refractivity contribution is 0.0540. The molecule has 39 heavy (non-hydrogen) atoms. The zero-order valence-electron chi connectivity index (χ0n) is 22.5. The van der Waals surface area contributed by atoms with E-state index in [1.54, 1.807) is 20.1 Å². The molecule has 3 N–H and O–H groups in total. The number of nitrogens with zero attached hydrogens (tertiary/aromatic N) is 2. The highest BCUT2D eigenvalue weighted by atomic mass is 35.5. The van der Waals surface area contributed by atoms with E-state index in [0.29, 0.717) is 35.4 Å². The van der Waals surface area contributed by atoms with Crippen molar-refractivity contribution < 1.29 is 23.9 Å². The molecule has 0 bridgehead atoms. The average Bonchev–Trinajstić information content (AvgIpc) is 3.52. The lowest BCUT2D eigenvalue weighted by Crippen LogP contribution is -2.55.